The molecule has 5 heteroatoms. The maximum Gasteiger partial charge on any atom is 0.321 e. The molecule has 2 aliphatic heterocycles. The fourth-order valence-electron chi connectivity index (χ4n) is 4.48. The first kappa shape index (κ1) is 23.3. The highest BCUT2D eigenvalue weighted by molar-refractivity contribution is 6.01. The van der Waals surface area contributed by atoms with Crippen molar-refractivity contribution in [3.63, 3.8) is 0 Å². The minimum atomic E-state index is -0.289. The predicted octanol–water partition coefficient (Wildman–Crippen LogP) is 6.47. The molecule has 2 amide bonds. The highest BCUT2D eigenvalue weighted by atomic mass is 16.7. The normalized spacial score (nSPS) is 18.1. The number of urea groups is 1. The zero-order chi connectivity index (χ0) is 23.9. The third-order valence-electron chi connectivity index (χ3n) is 6.89. The van der Waals surface area contributed by atoms with Gasteiger partial charge >= 0.3 is 6.03 Å². The lowest BCUT2D eigenvalue weighted by Gasteiger charge is -2.37. The van der Waals surface area contributed by atoms with Crippen molar-refractivity contribution < 1.29 is 9.63 Å². The van der Waals surface area contributed by atoms with E-state index in [4.69, 9.17) is 4.84 Å². The number of hydrogen-bond donors (Lipinski definition) is 1. The van der Waals surface area contributed by atoms with Crippen LogP contribution < -0.4 is 5.32 Å². The molecule has 2 aliphatic rings. The molecule has 1 saturated heterocycles. The average Bonchev–Trinajstić information content (AvgIpc) is 3.17. The van der Waals surface area contributed by atoms with Gasteiger partial charge in [-0.3, -0.25) is 0 Å². The summed E-state index contributed by atoms with van der Waals surface area (Å²) < 4.78 is 0. The summed E-state index contributed by atoms with van der Waals surface area (Å²) in [4.78, 5) is 20.6. The Balaban J connectivity index is 1.31. The number of anilines is 1. The van der Waals surface area contributed by atoms with Gasteiger partial charge in [-0.15, -0.1) is 0 Å². The molecule has 0 radical (unpaired) electrons. The molecule has 33 heavy (non-hydrogen) atoms. The highest BCUT2D eigenvalue weighted by Gasteiger charge is 2.43. The molecule has 4 rings (SSSR count). The van der Waals surface area contributed by atoms with E-state index >= 15 is 0 Å². The second kappa shape index (κ2) is 8.51. The molecule has 5 nitrogen and oxygen atoms in total. The van der Waals surface area contributed by atoms with Gasteiger partial charge in [0.2, 0.25) is 0 Å². The summed E-state index contributed by atoms with van der Waals surface area (Å²) in [7, 11) is 0. The standard InChI is InChI=1S/C28H37N3O2/c1-26(2,3)21-9-7-20(8-10-21)24-19-28(33-30-24)15-17-31(18-16-28)25(32)29-23-13-11-22(12-14-23)27(4,5)6/h7-14H,15-19H2,1-6H3,(H,29,32). The van der Waals surface area contributed by atoms with E-state index in [2.05, 4.69) is 88.4 Å². The SMILES string of the molecule is CC(C)(C)c1ccc(NC(=O)N2CCC3(CC2)CC(c2ccc(C(C)(C)C)cc2)=NO3)cc1. The minimum Gasteiger partial charge on any atom is -0.388 e. The predicted molar refractivity (Wildman–Crippen MR) is 135 cm³/mol. The molecule has 2 aromatic rings. The third-order valence-corrected chi connectivity index (χ3v) is 6.89. The van der Waals surface area contributed by atoms with Crippen LogP contribution in [-0.4, -0.2) is 35.3 Å². The summed E-state index contributed by atoms with van der Waals surface area (Å²) in [6, 6.07) is 16.7. The van der Waals surface area contributed by atoms with Crippen LogP contribution in [0.1, 0.15) is 77.5 Å². The monoisotopic (exact) mass is 447 g/mol. The topological polar surface area (TPSA) is 53.9 Å². The number of benzene rings is 2. The molecule has 1 fully saturated rings. The van der Waals surface area contributed by atoms with Gasteiger partial charge in [0.15, 0.2) is 0 Å². The van der Waals surface area contributed by atoms with Gasteiger partial charge in [-0.05, 0) is 39.7 Å². The van der Waals surface area contributed by atoms with Gasteiger partial charge < -0.3 is 15.1 Å². The molecule has 0 aliphatic carbocycles. The van der Waals surface area contributed by atoms with Gasteiger partial charge in [-0.1, -0.05) is 83.1 Å². The van der Waals surface area contributed by atoms with Crippen LogP contribution >= 0.6 is 0 Å². The van der Waals surface area contributed by atoms with E-state index in [9.17, 15) is 4.79 Å². The average molecular weight is 448 g/mol. The number of rotatable bonds is 2. The smallest absolute Gasteiger partial charge is 0.321 e. The van der Waals surface area contributed by atoms with E-state index in [0.29, 0.717) is 13.1 Å². The third kappa shape index (κ3) is 5.23. The molecule has 0 bridgehead atoms. The maximum absolute atomic E-state index is 12.8. The van der Waals surface area contributed by atoms with E-state index in [1.54, 1.807) is 0 Å². The zero-order valence-electron chi connectivity index (χ0n) is 20.9. The van der Waals surface area contributed by atoms with Crippen LogP contribution in [0.3, 0.4) is 0 Å². The van der Waals surface area contributed by atoms with Crippen molar-refractivity contribution in [2.75, 3.05) is 18.4 Å². The Morgan fingerprint density at radius 3 is 1.91 bits per heavy atom. The minimum absolute atomic E-state index is 0.0507. The molecule has 0 atom stereocenters. The molecule has 1 N–H and O–H groups in total. The Kier molecular flexibility index (Phi) is 6.02. The van der Waals surface area contributed by atoms with Crippen molar-refractivity contribution in [3.8, 4) is 0 Å². The quantitative estimate of drug-likeness (QED) is 0.573. The van der Waals surface area contributed by atoms with Gasteiger partial charge in [0.25, 0.3) is 0 Å². The number of carbonyl (C=O) groups excluding carboxylic acids is 1. The largest absolute Gasteiger partial charge is 0.388 e. The van der Waals surface area contributed by atoms with Crippen molar-refractivity contribution >= 4 is 17.4 Å². The Morgan fingerprint density at radius 1 is 0.879 bits per heavy atom. The Hall–Kier alpha value is -2.82. The summed E-state index contributed by atoms with van der Waals surface area (Å²) in [5.74, 6) is 0. The molecular weight excluding hydrogens is 410 g/mol. The first-order valence-corrected chi connectivity index (χ1v) is 12.0. The molecular formula is C28H37N3O2. The summed E-state index contributed by atoms with van der Waals surface area (Å²) in [6.07, 6.45) is 2.37. The second-order valence-electron chi connectivity index (χ2n) is 11.6. The van der Waals surface area contributed by atoms with E-state index in [1.807, 2.05) is 17.0 Å². The van der Waals surface area contributed by atoms with Crippen molar-refractivity contribution in [2.45, 2.75) is 77.2 Å². The van der Waals surface area contributed by atoms with Crippen molar-refractivity contribution in [2.24, 2.45) is 5.16 Å². The highest BCUT2D eigenvalue weighted by Crippen LogP contribution is 2.36. The van der Waals surface area contributed by atoms with Crippen molar-refractivity contribution in [1.82, 2.24) is 4.90 Å². The van der Waals surface area contributed by atoms with Crippen LogP contribution in [0, 0.1) is 0 Å². The summed E-state index contributed by atoms with van der Waals surface area (Å²) in [5.41, 5.74) is 5.47. The molecule has 1 spiro atoms. The van der Waals surface area contributed by atoms with Gasteiger partial charge in [0, 0.05) is 38.0 Å². The summed E-state index contributed by atoms with van der Waals surface area (Å²) in [6.45, 7) is 14.5. The van der Waals surface area contributed by atoms with Gasteiger partial charge in [0.05, 0.1) is 5.71 Å². The van der Waals surface area contributed by atoms with Gasteiger partial charge in [0.1, 0.15) is 5.60 Å². The van der Waals surface area contributed by atoms with Crippen LogP contribution in [0.4, 0.5) is 10.5 Å². The molecule has 176 valence electrons. The van der Waals surface area contributed by atoms with E-state index in [0.717, 1.165) is 36.2 Å². The van der Waals surface area contributed by atoms with Crippen LogP contribution in [0.15, 0.2) is 53.7 Å². The molecule has 0 aromatic heterocycles. The first-order chi connectivity index (χ1) is 15.5. The second-order valence-corrected chi connectivity index (χ2v) is 11.6. The fourth-order valence-corrected chi connectivity index (χ4v) is 4.48. The Labute approximate surface area is 198 Å². The fraction of sp³-hybridized carbons (Fsp3) is 0.500. The lowest BCUT2D eigenvalue weighted by Crippen LogP contribution is -2.48. The number of carbonyl (C=O) groups is 1. The Bertz CT molecular complexity index is 1020. The van der Waals surface area contributed by atoms with Gasteiger partial charge in [-0.25, -0.2) is 4.79 Å². The van der Waals surface area contributed by atoms with Crippen LogP contribution in [0.5, 0.6) is 0 Å². The van der Waals surface area contributed by atoms with Crippen LogP contribution in [-0.2, 0) is 15.7 Å². The Morgan fingerprint density at radius 2 is 1.39 bits per heavy atom. The number of nitrogens with zero attached hydrogens (tertiary/aromatic N) is 2. The first-order valence-electron chi connectivity index (χ1n) is 12.0. The number of likely N-dealkylation sites (tertiary alicyclic amines) is 1. The summed E-state index contributed by atoms with van der Waals surface area (Å²) >= 11 is 0. The number of hydrogen-bond acceptors (Lipinski definition) is 3. The number of amides is 2. The lowest BCUT2D eigenvalue weighted by atomic mass is 9.84. The summed E-state index contributed by atoms with van der Waals surface area (Å²) in [5, 5.41) is 7.48. The van der Waals surface area contributed by atoms with E-state index in [-0.39, 0.29) is 22.5 Å². The number of oxime groups is 1. The molecule has 0 saturated carbocycles. The molecule has 2 heterocycles. The van der Waals surface area contributed by atoms with Gasteiger partial charge in [-0.2, -0.15) is 0 Å². The zero-order valence-corrected chi connectivity index (χ0v) is 20.9. The van der Waals surface area contributed by atoms with Crippen molar-refractivity contribution in [1.29, 1.82) is 0 Å². The number of piperidine rings is 1. The van der Waals surface area contributed by atoms with Crippen molar-refractivity contribution in [3.05, 3.63) is 65.2 Å². The van der Waals surface area contributed by atoms with Crippen LogP contribution in [0.25, 0.3) is 0 Å². The number of nitrogens with one attached hydrogen (secondary N) is 1. The molecule has 0 unspecified atom stereocenters. The molecule has 2 aromatic carbocycles. The van der Waals surface area contributed by atoms with E-state index < -0.39 is 0 Å². The van der Waals surface area contributed by atoms with Crippen LogP contribution in [0.2, 0.25) is 0 Å². The van der Waals surface area contributed by atoms with E-state index in [1.165, 1.54) is 11.1 Å². The maximum atomic E-state index is 12.8. The lowest BCUT2D eigenvalue weighted by molar-refractivity contribution is -0.0544.